The van der Waals surface area contributed by atoms with Crippen LogP contribution in [0.3, 0.4) is 0 Å². The number of carbonyl (C=O) groups is 3. The minimum absolute atomic E-state index is 0. The van der Waals surface area contributed by atoms with E-state index < -0.39 is 36.7 Å². The summed E-state index contributed by atoms with van der Waals surface area (Å²) >= 11 is 0. The predicted molar refractivity (Wildman–Crippen MR) is 32.4 cm³/mol. The van der Waals surface area contributed by atoms with Gasteiger partial charge in [-0.3, -0.25) is 0 Å². The molecule has 0 aromatic carbocycles. The second-order valence-corrected chi connectivity index (χ2v) is 2.50. The molecule has 0 aromatic heterocycles. The Labute approximate surface area is 159 Å². The standard InChI is InChI=1S/C7H10O6.3Na/c8-5(9)2-1-4(7(12)13)3-6(10)11;;;/h4H,1-3H2,(H,8,9)(H,10,11)(H,12,13);;;/q;3*+1/p-3/t4-;;;/m1.../s1. The van der Waals surface area contributed by atoms with E-state index in [0.29, 0.717) is 0 Å². The van der Waals surface area contributed by atoms with Crippen molar-refractivity contribution in [1.82, 2.24) is 0 Å². The second-order valence-electron chi connectivity index (χ2n) is 2.50. The van der Waals surface area contributed by atoms with Crippen molar-refractivity contribution in [3.8, 4) is 0 Å². The zero-order valence-corrected chi connectivity index (χ0v) is 15.6. The fraction of sp³-hybridized carbons (Fsp3) is 0.571. The fourth-order valence-corrected chi connectivity index (χ4v) is 0.797. The van der Waals surface area contributed by atoms with Crippen LogP contribution >= 0.6 is 0 Å². The molecular weight excluding hydrogens is 249 g/mol. The second kappa shape index (κ2) is 14.5. The summed E-state index contributed by atoms with van der Waals surface area (Å²) in [6.45, 7) is 0. The number of rotatable bonds is 6. The molecule has 0 aliphatic heterocycles. The summed E-state index contributed by atoms with van der Waals surface area (Å²) in [7, 11) is 0. The molecule has 0 rings (SSSR count). The van der Waals surface area contributed by atoms with Crippen molar-refractivity contribution in [3.63, 3.8) is 0 Å². The first-order valence-corrected chi connectivity index (χ1v) is 3.54. The van der Waals surface area contributed by atoms with Crippen molar-refractivity contribution >= 4 is 17.9 Å². The molecular formula is C7H7Na3O6. The first-order chi connectivity index (χ1) is 5.93. The summed E-state index contributed by atoms with van der Waals surface area (Å²) in [5, 5.41) is 30.2. The molecule has 0 aliphatic rings. The average molecular weight is 256 g/mol. The van der Waals surface area contributed by atoms with Crippen LogP contribution in [0.1, 0.15) is 19.3 Å². The Bertz CT molecular complexity index is 232. The van der Waals surface area contributed by atoms with Gasteiger partial charge in [-0.2, -0.15) is 0 Å². The molecule has 0 amide bonds. The van der Waals surface area contributed by atoms with E-state index in [2.05, 4.69) is 0 Å². The van der Waals surface area contributed by atoms with Crippen LogP contribution < -0.4 is 104 Å². The van der Waals surface area contributed by atoms with Crippen molar-refractivity contribution < 1.29 is 118 Å². The molecule has 0 fully saturated rings. The number of carboxylic acids is 3. The van der Waals surface area contributed by atoms with Gasteiger partial charge in [0.25, 0.3) is 0 Å². The molecule has 0 radical (unpaired) electrons. The van der Waals surface area contributed by atoms with Gasteiger partial charge >= 0.3 is 88.7 Å². The molecule has 6 nitrogen and oxygen atoms in total. The van der Waals surface area contributed by atoms with Crippen LogP contribution in [-0.4, -0.2) is 17.9 Å². The van der Waals surface area contributed by atoms with Crippen LogP contribution in [0.15, 0.2) is 0 Å². The fourth-order valence-electron chi connectivity index (χ4n) is 0.797. The van der Waals surface area contributed by atoms with Crippen LogP contribution in [0.4, 0.5) is 0 Å². The molecule has 16 heavy (non-hydrogen) atoms. The predicted octanol–water partition coefficient (Wildman–Crippen LogP) is -13.0. The normalized spacial score (nSPS) is 9.75. The minimum Gasteiger partial charge on any atom is -0.550 e. The van der Waals surface area contributed by atoms with Gasteiger partial charge in [-0.15, -0.1) is 0 Å². The monoisotopic (exact) mass is 256 g/mol. The van der Waals surface area contributed by atoms with Gasteiger partial charge < -0.3 is 29.7 Å². The van der Waals surface area contributed by atoms with E-state index in [4.69, 9.17) is 0 Å². The Kier molecular flexibility index (Phi) is 23.6. The molecule has 0 N–H and O–H groups in total. The Morgan fingerprint density at radius 2 is 1.31 bits per heavy atom. The quantitative estimate of drug-likeness (QED) is 0.435. The molecule has 0 saturated carbocycles. The summed E-state index contributed by atoms with van der Waals surface area (Å²) in [6, 6.07) is 0. The van der Waals surface area contributed by atoms with Crippen LogP contribution in [0.2, 0.25) is 0 Å². The molecule has 9 heteroatoms. The Balaban J connectivity index is -0.000000240. The Hall–Kier alpha value is 1.41. The van der Waals surface area contributed by atoms with Crippen LogP contribution in [0.5, 0.6) is 0 Å². The minimum atomic E-state index is -1.59. The SMILES string of the molecule is O=C([O-])CC[C@H](CC(=O)[O-])C(=O)[O-].[Na+].[Na+].[Na+]. The first kappa shape index (κ1) is 26.1. The molecule has 0 bridgehead atoms. The molecule has 0 aromatic rings. The number of carbonyl (C=O) groups excluding carboxylic acids is 3. The Morgan fingerprint density at radius 1 is 0.875 bits per heavy atom. The summed E-state index contributed by atoms with van der Waals surface area (Å²) in [5.74, 6) is -5.90. The summed E-state index contributed by atoms with van der Waals surface area (Å²) < 4.78 is 0. The van der Waals surface area contributed by atoms with E-state index >= 15 is 0 Å². The molecule has 74 valence electrons. The van der Waals surface area contributed by atoms with E-state index in [1.807, 2.05) is 0 Å². The number of hydrogen-bond acceptors (Lipinski definition) is 6. The van der Waals surface area contributed by atoms with Gasteiger partial charge in [0, 0.05) is 23.8 Å². The van der Waals surface area contributed by atoms with Crippen molar-refractivity contribution in [1.29, 1.82) is 0 Å². The van der Waals surface area contributed by atoms with E-state index in [9.17, 15) is 29.7 Å². The average Bonchev–Trinajstić information content (AvgIpc) is 1.96. The summed E-state index contributed by atoms with van der Waals surface area (Å²) in [4.78, 5) is 30.2. The molecule has 0 unspecified atom stereocenters. The maximum Gasteiger partial charge on any atom is 1.00 e. The molecule has 1 atom stereocenters. The maximum atomic E-state index is 10.2. The largest absolute Gasteiger partial charge is 1.00 e. The third kappa shape index (κ3) is 15.4. The smallest absolute Gasteiger partial charge is 0.550 e. The van der Waals surface area contributed by atoms with Crippen molar-refractivity contribution in [3.05, 3.63) is 0 Å². The molecule has 0 spiro atoms. The van der Waals surface area contributed by atoms with Crippen molar-refractivity contribution in [2.75, 3.05) is 0 Å². The van der Waals surface area contributed by atoms with E-state index in [1.54, 1.807) is 0 Å². The first-order valence-electron chi connectivity index (χ1n) is 3.54. The van der Waals surface area contributed by atoms with Gasteiger partial charge in [0.1, 0.15) is 0 Å². The molecule has 0 heterocycles. The molecule has 0 saturated heterocycles. The number of hydrogen-bond donors (Lipinski definition) is 0. The van der Waals surface area contributed by atoms with Gasteiger partial charge in [0.15, 0.2) is 0 Å². The van der Waals surface area contributed by atoms with Crippen LogP contribution in [-0.2, 0) is 14.4 Å². The van der Waals surface area contributed by atoms with Gasteiger partial charge in [0.2, 0.25) is 0 Å². The van der Waals surface area contributed by atoms with Gasteiger partial charge in [-0.1, -0.05) is 0 Å². The Morgan fingerprint density at radius 3 is 1.56 bits per heavy atom. The van der Waals surface area contributed by atoms with Crippen molar-refractivity contribution in [2.45, 2.75) is 19.3 Å². The number of aliphatic carboxylic acids is 3. The third-order valence-corrected chi connectivity index (χ3v) is 1.44. The van der Waals surface area contributed by atoms with Gasteiger partial charge in [-0.05, 0) is 19.3 Å². The summed E-state index contributed by atoms with van der Waals surface area (Å²) in [6.07, 6.45) is -1.57. The molecule has 0 aliphatic carbocycles. The van der Waals surface area contributed by atoms with Gasteiger partial charge in [-0.25, -0.2) is 0 Å². The third-order valence-electron chi connectivity index (χ3n) is 1.44. The number of carboxylic acid groups (broad SMARTS) is 3. The van der Waals surface area contributed by atoms with Crippen molar-refractivity contribution in [2.24, 2.45) is 5.92 Å². The van der Waals surface area contributed by atoms with Gasteiger partial charge in [0.05, 0.1) is 0 Å². The van der Waals surface area contributed by atoms with Crippen LogP contribution in [0, 0.1) is 5.92 Å². The maximum absolute atomic E-state index is 10.2. The van der Waals surface area contributed by atoms with E-state index in [0.717, 1.165) is 0 Å². The zero-order chi connectivity index (χ0) is 10.4. The zero-order valence-electron chi connectivity index (χ0n) is 9.65. The summed E-state index contributed by atoms with van der Waals surface area (Å²) in [5.41, 5.74) is 0. The topological polar surface area (TPSA) is 120 Å². The van der Waals surface area contributed by atoms with E-state index in [1.165, 1.54) is 0 Å². The van der Waals surface area contributed by atoms with E-state index in [-0.39, 0.29) is 95.1 Å². The van der Waals surface area contributed by atoms with Crippen LogP contribution in [0.25, 0.3) is 0 Å².